The molecule has 1 aromatic rings. The summed E-state index contributed by atoms with van der Waals surface area (Å²) in [4.78, 5) is 4.34. The van der Waals surface area contributed by atoms with E-state index in [-0.39, 0.29) is 6.04 Å². The fraction of sp³-hybridized carbons (Fsp3) is 0.417. The molecule has 0 aliphatic heterocycles. The Bertz CT molecular complexity index is 395. The van der Waals surface area contributed by atoms with Crippen LogP contribution in [-0.4, -0.2) is 32.8 Å². The highest BCUT2D eigenvalue weighted by Gasteiger charge is 2.03. The monoisotopic (exact) mass is 252 g/mol. The van der Waals surface area contributed by atoms with E-state index >= 15 is 0 Å². The average Bonchev–Trinajstić information content (AvgIpc) is 2.38. The first-order chi connectivity index (χ1) is 8.69. The van der Waals surface area contributed by atoms with E-state index < -0.39 is 0 Å². The van der Waals surface area contributed by atoms with E-state index in [2.05, 4.69) is 15.7 Å². The molecule has 0 aliphatic carbocycles. The van der Waals surface area contributed by atoms with Crippen LogP contribution in [0.5, 0.6) is 5.75 Å². The summed E-state index contributed by atoms with van der Waals surface area (Å²) in [6.07, 6.45) is 0. The minimum atomic E-state index is 0.0131. The summed E-state index contributed by atoms with van der Waals surface area (Å²) in [5.74, 6) is 6.66. The van der Waals surface area contributed by atoms with Gasteiger partial charge < -0.3 is 14.8 Å². The van der Waals surface area contributed by atoms with Crippen molar-refractivity contribution in [2.45, 2.75) is 13.0 Å². The van der Waals surface area contributed by atoms with Gasteiger partial charge in [0, 0.05) is 18.9 Å². The standard InChI is InChI=1S/C12H20N4O2/c1-9(8-17-2)14-12(16-13)15-10-5-4-6-11(7-10)18-3/h4-7,9H,8,13H2,1-3H3,(H2,14,15,16). The molecule has 0 aliphatic rings. The van der Waals surface area contributed by atoms with E-state index in [0.717, 1.165) is 11.4 Å². The van der Waals surface area contributed by atoms with E-state index in [1.807, 2.05) is 31.2 Å². The molecule has 18 heavy (non-hydrogen) atoms. The van der Waals surface area contributed by atoms with Crippen molar-refractivity contribution >= 4 is 11.6 Å². The second-order valence-corrected chi connectivity index (χ2v) is 3.78. The predicted molar refractivity (Wildman–Crippen MR) is 72.7 cm³/mol. The quantitative estimate of drug-likeness (QED) is 0.315. The van der Waals surface area contributed by atoms with Gasteiger partial charge in [-0.15, -0.1) is 0 Å². The lowest BCUT2D eigenvalue weighted by atomic mass is 10.3. The number of hydrogen-bond acceptors (Lipinski definition) is 4. The number of benzene rings is 1. The van der Waals surface area contributed by atoms with Crippen molar-refractivity contribution in [1.82, 2.24) is 5.43 Å². The molecular weight excluding hydrogens is 232 g/mol. The van der Waals surface area contributed by atoms with E-state index in [4.69, 9.17) is 15.3 Å². The maximum absolute atomic E-state index is 5.42. The maximum atomic E-state index is 5.42. The predicted octanol–water partition coefficient (Wildman–Crippen LogP) is 0.961. The Kier molecular flexibility index (Phi) is 5.96. The lowest BCUT2D eigenvalue weighted by Crippen LogP contribution is -2.37. The summed E-state index contributed by atoms with van der Waals surface area (Å²) < 4.78 is 10.2. The third-order valence-electron chi connectivity index (χ3n) is 2.23. The number of rotatable bonds is 5. The minimum Gasteiger partial charge on any atom is -0.497 e. The number of guanidine groups is 1. The molecule has 1 rings (SSSR count). The molecule has 0 saturated heterocycles. The summed E-state index contributed by atoms with van der Waals surface area (Å²) in [5.41, 5.74) is 3.36. The molecule has 1 aromatic carbocycles. The minimum absolute atomic E-state index is 0.0131. The first kappa shape index (κ1) is 14.3. The largest absolute Gasteiger partial charge is 0.497 e. The van der Waals surface area contributed by atoms with Gasteiger partial charge >= 0.3 is 0 Å². The molecular formula is C12H20N4O2. The van der Waals surface area contributed by atoms with Crippen LogP contribution in [0.3, 0.4) is 0 Å². The van der Waals surface area contributed by atoms with Crippen molar-refractivity contribution in [2.75, 3.05) is 26.1 Å². The second kappa shape index (κ2) is 7.52. The number of anilines is 1. The fourth-order valence-corrected chi connectivity index (χ4v) is 1.44. The Labute approximate surface area is 107 Å². The summed E-state index contributed by atoms with van der Waals surface area (Å²) in [6, 6.07) is 7.52. The first-order valence-electron chi connectivity index (χ1n) is 5.64. The lowest BCUT2D eigenvalue weighted by molar-refractivity contribution is 0.185. The smallest absolute Gasteiger partial charge is 0.210 e. The van der Waals surface area contributed by atoms with Gasteiger partial charge in [0.05, 0.1) is 19.8 Å². The van der Waals surface area contributed by atoms with Crippen LogP contribution < -0.4 is 21.3 Å². The van der Waals surface area contributed by atoms with E-state index in [1.54, 1.807) is 14.2 Å². The van der Waals surface area contributed by atoms with Crippen LogP contribution in [-0.2, 0) is 4.74 Å². The van der Waals surface area contributed by atoms with Crippen LogP contribution in [0, 0.1) is 0 Å². The molecule has 100 valence electrons. The number of nitrogens with zero attached hydrogens (tertiary/aromatic N) is 1. The maximum Gasteiger partial charge on any atom is 0.210 e. The molecule has 0 amide bonds. The van der Waals surface area contributed by atoms with Gasteiger partial charge in [-0.05, 0) is 19.1 Å². The number of nitrogens with one attached hydrogen (secondary N) is 2. The van der Waals surface area contributed by atoms with E-state index in [1.165, 1.54) is 0 Å². The van der Waals surface area contributed by atoms with Crippen molar-refractivity contribution < 1.29 is 9.47 Å². The zero-order chi connectivity index (χ0) is 13.4. The molecule has 4 N–H and O–H groups in total. The summed E-state index contributed by atoms with van der Waals surface area (Å²) >= 11 is 0. The molecule has 1 unspecified atom stereocenters. The Morgan fingerprint density at radius 1 is 1.44 bits per heavy atom. The average molecular weight is 252 g/mol. The van der Waals surface area contributed by atoms with Gasteiger partial charge in [-0.25, -0.2) is 10.8 Å². The summed E-state index contributed by atoms with van der Waals surface area (Å²) in [6.45, 7) is 2.47. The Morgan fingerprint density at radius 2 is 2.22 bits per heavy atom. The van der Waals surface area contributed by atoms with Gasteiger partial charge in [-0.1, -0.05) is 6.07 Å². The Balaban J connectivity index is 2.72. The van der Waals surface area contributed by atoms with Crippen LogP contribution in [0.15, 0.2) is 29.3 Å². The summed E-state index contributed by atoms with van der Waals surface area (Å²) in [5, 5.41) is 3.07. The molecule has 0 radical (unpaired) electrons. The normalized spacial score (nSPS) is 13.0. The lowest BCUT2D eigenvalue weighted by Gasteiger charge is -2.12. The molecule has 0 bridgehead atoms. The van der Waals surface area contributed by atoms with Gasteiger partial charge in [-0.3, -0.25) is 5.43 Å². The molecule has 0 fully saturated rings. The summed E-state index contributed by atoms with van der Waals surface area (Å²) in [7, 11) is 3.26. The number of ether oxygens (including phenoxy) is 2. The molecule has 0 saturated carbocycles. The van der Waals surface area contributed by atoms with Crippen molar-refractivity contribution in [3.05, 3.63) is 24.3 Å². The molecule has 6 nitrogen and oxygen atoms in total. The third-order valence-corrected chi connectivity index (χ3v) is 2.23. The van der Waals surface area contributed by atoms with Gasteiger partial charge in [0.1, 0.15) is 5.75 Å². The third kappa shape index (κ3) is 4.60. The number of methoxy groups -OCH3 is 2. The van der Waals surface area contributed by atoms with Crippen LogP contribution in [0.25, 0.3) is 0 Å². The van der Waals surface area contributed by atoms with Crippen LogP contribution in [0.4, 0.5) is 5.69 Å². The fourth-order valence-electron chi connectivity index (χ4n) is 1.44. The van der Waals surface area contributed by atoms with Crippen molar-refractivity contribution in [3.8, 4) is 5.75 Å². The van der Waals surface area contributed by atoms with Crippen molar-refractivity contribution in [3.63, 3.8) is 0 Å². The van der Waals surface area contributed by atoms with Gasteiger partial charge in [0.2, 0.25) is 5.96 Å². The number of hydrazine groups is 1. The van der Waals surface area contributed by atoms with Crippen LogP contribution in [0.2, 0.25) is 0 Å². The second-order valence-electron chi connectivity index (χ2n) is 3.78. The highest BCUT2D eigenvalue weighted by Crippen LogP contribution is 2.16. The van der Waals surface area contributed by atoms with Gasteiger partial charge in [-0.2, -0.15) is 0 Å². The number of nitrogens with two attached hydrogens (primary N) is 1. The Hall–Kier alpha value is -1.79. The molecule has 0 heterocycles. The SMILES string of the molecule is COCC(C)N=C(NN)Nc1cccc(OC)c1. The zero-order valence-electron chi connectivity index (χ0n) is 10.9. The van der Waals surface area contributed by atoms with Gasteiger partial charge in [0.15, 0.2) is 0 Å². The Morgan fingerprint density at radius 3 is 2.83 bits per heavy atom. The molecule has 0 aromatic heterocycles. The van der Waals surface area contributed by atoms with Crippen molar-refractivity contribution in [2.24, 2.45) is 10.8 Å². The van der Waals surface area contributed by atoms with Gasteiger partial charge in [0.25, 0.3) is 0 Å². The zero-order valence-corrected chi connectivity index (χ0v) is 10.9. The first-order valence-corrected chi connectivity index (χ1v) is 5.64. The number of hydrogen-bond donors (Lipinski definition) is 3. The van der Waals surface area contributed by atoms with E-state index in [9.17, 15) is 0 Å². The number of aliphatic imine (C=N–C) groups is 1. The highest BCUT2D eigenvalue weighted by atomic mass is 16.5. The molecule has 1 atom stereocenters. The van der Waals surface area contributed by atoms with E-state index in [0.29, 0.717) is 12.6 Å². The van der Waals surface area contributed by atoms with Crippen LogP contribution >= 0.6 is 0 Å². The van der Waals surface area contributed by atoms with Crippen molar-refractivity contribution in [1.29, 1.82) is 0 Å². The van der Waals surface area contributed by atoms with Crippen LogP contribution in [0.1, 0.15) is 6.92 Å². The molecule has 6 heteroatoms. The molecule has 0 spiro atoms. The highest BCUT2D eigenvalue weighted by molar-refractivity contribution is 5.93. The topological polar surface area (TPSA) is 80.9 Å².